The van der Waals surface area contributed by atoms with E-state index < -0.39 is 0 Å². The SMILES string of the molecule is O=C(CCCOc1ccccc1)NCCCNC(=O)c1cccnc1. The van der Waals surface area contributed by atoms with E-state index in [-0.39, 0.29) is 11.8 Å². The number of carbonyl (C=O) groups is 2. The molecular formula is C19H23N3O3. The van der Waals surface area contributed by atoms with E-state index in [9.17, 15) is 9.59 Å². The molecule has 0 unspecified atom stereocenters. The number of ether oxygens (including phenoxy) is 1. The fourth-order valence-electron chi connectivity index (χ4n) is 2.15. The number of amides is 2. The van der Waals surface area contributed by atoms with Gasteiger partial charge in [0.2, 0.25) is 5.91 Å². The summed E-state index contributed by atoms with van der Waals surface area (Å²) in [5.41, 5.74) is 0.532. The summed E-state index contributed by atoms with van der Waals surface area (Å²) in [5.74, 6) is 0.653. The summed E-state index contributed by atoms with van der Waals surface area (Å²) >= 11 is 0. The lowest BCUT2D eigenvalue weighted by molar-refractivity contribution is -0.121. The van der Waals surface area contributed by atoms with Crippen LogP contribution < -0.4 is 15.4 Å². The molecule has 0 aliphatic rings. The van der Waals surface area contributed by atoms with Crippen molar-refractivity contribution in [1.82, 2.24) is 15.6 Å². The van der Waals surface area contributed by atoms with Crippen LogP contribution in [0.15, 0.2) is 54.9 Å². The Morgan fingerprint density at radius 2 is 1.76 bits per heavy atom. The van der Waals surface area contributed by atoms with Crippen LogP contribution >= 0.6 is 0 Å². The van der Waals surface area contributed by atoms with E-state index in [0.717, 1.165) is 5.75 Å². The van der Waals surface area contributed by atoms with Gasteiger partial charge in [0.1, 0.15) is 5.75 Å². The third-order valence-corrected chi connectivity index (χ3v) is 3.45. The minimum Gasteiger partial charge on any atom is -0.494 e. The summed E-state index contributed by atoms with van der Waals surface area (Å²) in [6, 6.07) is 13.0. The zero-order chi connectivity index (χ0) is 17.7. The normalized spacial score (nSPS) is 10.1. The fourth-order valence-corrected chi connectivity index (χ4v) is 2.15. The van der Waals surface area contributed by atoms with E-state index in [1.807, 2.05) is 30.3 Å². The van der Waals surface area contributed by atoms with Crippen LogP contribution in [-0.4, -0.2) is 36.5 Å². The maximum atomic E-state index is 11.8. The summed E-state index contributed by atoms with van der Waals surface area (Å²) in [4.78, 5) is 27.4. The highest BCUT2D eigenvalue weighted by molar-refractivity contribution is 5.93. The molecule has 6 nitrogen and oxygen atoms in total. The first kappa shape index (κ1) is 18.4. The van der Waals surface area contributed by atoms with Crippen molar-refractivity contribution in [2.24, 2.45) is 0 Å². The van der Waals surface area contributed by atoms with Crippen molar-refractivity contribution in [1.29, 1.82) is 0 Å². The van der Waals surface area contributed by atoms with Crippen LogP contribution in [0.1, 0.15) is 29.6 Å². The molecule has 6 heteroatoms. The van der Waals surface area contributed by atoms with Crippen LogP contribution in [0.4, 0.5) is 0 Å². The minimum absolute atomic E-state index is 0.00440. The predicted molar refractivity (Wildman–Crippen MR) is 95.4 cm³/mol. The molecule has 0 aliphatic heterocycles. The van der Waals surface area contributed by atoms with Gasteiger partial charge in [0.05, 0.1) is 12.2 Å². The molecule has 0 radical (unpaired) electrons. The first-order valence-electron chi connectivity index (χ1n) is 8.38. The second-order valence-corrected chi connectivity index (χ2v) is 5.47. The van der Waals surface area contributed by atoms with Crippen molar-refractivity contribution in [3.05, 3.63) is 60.4 Å². The van der Waals surface area contributed by atoms with Gasteiger partial charge in [-0.1, -0.05) is 18.2 Å². The van der Waals surface area contributed by atoms with Gasteiger partial charge in [0, 0.05) is 31.9 Å². The number of para-hydroxylation sites is 1. The zero-order valence-electron chi connectivity index (χ0n) is 14.1. The number of hydrogen-bond acceptors (Lipinski definition) is 4. The van der Waals surface area contributed by atoms with E-state index in [2.05, 4.69) is 15.6 Å². The number of carbonyl (C=O) groups excluding carboxylic acids is 2. The van der Waals surface area contributed by atoms with Gasteiger partial charge in [0.15, 0.2) is 0 Å². The summed E-state index contributed by atoms with van der Waals surface area (Å²) in [6.07, 6.45) is 4.91. The van der Waals surface area contributed by atoms with Crippen LogP contribution in [0.3, 0.4) is 0 Å². The molecule has 0 saturated heterocycles. The lowest BCUT2D eigenvalue weighted by atomic mass is 10.2. The molecule has 1 aromatic carbocycles. The van der Waals surface area contributed by atoms with Crippen LogP contribution in [0.25, 0.3) is 0 Å². The molecule has 2 rings (SSSR count). The van der Waals surface area contributed by atoms with Gasteiger partial charge in [0.25, 0.3) is 5.91 Å². The summed E-state index contributed by atoms with van der Waals surface area (Å²) in [6.45, 7) is 1.55. The number of rotatable bonds is 10. The minimum atomic E-state index is -0.155. The molecule has 0 spiro atoms. The van der Waals surface area contributed by atoms with Crippen molar-refractivity contribution >= 4 is 11.8 Å². The van der Waals surface area contributed by atoms with Gasteiger partial charge in [-0.05, 0) is 37.1 Å². The quantitative estimate of drug-likeness (QED) is 0.649. The van der Waals surface area contributed by atoms with Gasteiger partial charge in [-0.15, -0.1) is 0 Å². The van der Waals surface area contributed by atoms with Gasteiger partial charge in [-0.2, -0.15) is 0 Å². The third-order valence-electron chi connectivity index (χ3n) is 3.45. The Hall–Kier alpha value is -2.89. The monoisotopic (exact) mass is 341 g/mol. The highest BCUT2D eigenvalue weighted by Crippen LogP contribution is 2.08. The molecule has 2 aromatic rings. The van der Waals surface area contributed by atoms with E-state index in [1.54, 1.807) is 18.3 Å². The van der Waals surface area contributed by atoms with Gasteiger partial charge < -0.3 is 15.4 Å². The van der Waals surface area contributed by atoms with Gasteiger partial charge >= 0.3 is 0 Å². The van der Waals surface area contributed by atoms with Crippen LogP contribution in [-0.2, 0) is 4.79 Å². The van der Waals surface area contributed by atoms with Crippen molar-refractivity contribution in [3.63, 3.8) is 0 Å². The molecule has 2 N–H and O–H groups in total. The summed E-state index contributed by atoms with van der Waals surface area (Å²) in [7, 11) is 0. The molecule has 25 heavy (non-hydrogen) atoms. The van der Waals surface area contributed by atoms with Crippen LogP contribution in [0.2, 0.25) is 0 Å². The van der Waals surface area contributed by atoms with Gasteiger partial charge in [-0.25, -0.2) is 0 Å². The summed E-state index contributed by atoms with van der Waals surface area (Å²) in [5, 5.41) is 5.63. The largest absolute Gasteiger partial charge is 0.494 e. The Kier molecular flexibility index (Phi) is 7.97. The number of hydrogen-bond donors (Lipinski definition) is 2. The van der Waals surface area contributed by atoms with Crippen molar-refractivity contribution in [2.45, 2.75) is 19.3 Å². The van der Waals surface area contributed by atoms with E-state index in [1.165, 1.54) is 6.20 Å². The second kappa shape index (κ2) is 10.8. The number of pyridine rings is 1. The average molecular weight is 341 g/mol. The van der Waals surface area contributed by atoms with E-state index in [4.69, 9.17) is 4.74 Å². The van der Waals surface area contributed by atoms with Crippen molar-refractivity contribution in [2.75, 3.05) is 19.7 Å². The van der Waals surface area contributed by atoms with E-state index in [0.29, 0.717) is 44.5 Å². The average Bonchev–Trinajstić information content (AvgIpc) is 2.66. The molecule has 0 fully saturated rings. The molecule has 2 amide bonds. The molecular weight excluding hydrogens is 318 g/mol. The van der Waals surface area contributed by atoms with E-state index >= 15 is 0 Å². The highest BCUT2D eigenvalue weighted by Gasteiger charge is 2.04. The number of nitrogens with zero attached hydrogens (tertiary/aromatic N) is 1. The summed E-state index contributed by atoms with van der Waals surface area (Å²) < 4.78 is 5.54. The van der Waals surface area contributed by atoms with Gasteiger partial charge in [-0.3, -0.25) is 14.6 Å². The lowest BCUT2D eigenvalue weighted by Crippen LogP contribution is -2.30. The first-order valence-corrected chi connectivity index (χ1v) is 8.38. The third kappa shape index (κ3) is 7.48. The number of nitrogens with one attached hydrogen (secondary N) is 2. The molecule has 0 saturated carbocycles. The lowest BCUT2D eigenvalue weighted by Gasteiger charge is -2.08. The maximum Gasteiger partial charge on any atom is 0.252 e. The van der Waals surface area contributed by atoms with Crippen LogP contribution in [0.5, 0.6) is 5.75 Å². The second-order valence-electron chi connectivity index (χ2n) is 5.47. The highest BCUT2D eigenvalue weighted by atomic mass is 16.5. The predicted octanol–water partition coefficient (Wildman–Crippen LogP) is 2.18. The molecule has 0 atom stereocenters. The Morgan fingerprint density at radius 1 is 0.960 bits per heavy atom. The Balaban J connectivity index is 1.47. The Labute approximate surface area is 147 Å². The zero-order valence-corrected chi connectivity index (χ0v) is 14.1. The fraction of sp³-hybridized carbons (Fsp3) is 0.316. The number of benzene rings is 1. The van der Waals surface area contributed by atoms with Crippen LogP contribution in [0, 0.1) is 0 Å². The molecule has 1 heterocycles. The first-order chi connectivity index (χ1) is 12.3. The maximum absolute atomic E-state index is 11.8. The van der Waals surface area contributed by atoms with Crippen molar-refractivity contribution < 1.29 is 14.3 Å². The Bertz CT molecular complexity index is 647. The van der Waals surface area contributed by atoms with Crippen molar-refractivity contribution in [3.8, 4) is 5.75 Å². The Morgan fingerprint density at radius 3 is 2.52 bits per heavy atom. The topological polar surface area (TPSA) is 80.3 Å². The molecule has 1 aromatic heterocycles. The number of aromatic nitrogens is 1. The molecule has 0 aliphatic carbocycles. The smallest absolute Gasteiger partial charge is 0.252 e. The molecule has 132 valence electrons. The standard InChI is InChI=1S/C19H23N3O3/c23-18(10-5-14-25-17-8-2-1-3-9-17)21-12-6-13-22-19(24)16-7-4-11-20-15-16/h1-4,7-9,11,15H,5-6,10,12-14H2,(H,21,23)(H,22,24). The molecule has 0 bridgehead atoms.